The van der Waals surface area contributed by atoms with Gasteiger partial charge >= 0.3 is 0 Å². The number of hydrogen-bond donors (Lipinski definition) is 2. The highest BCUT2D eigenvalue weighted by Gasteiger charge is 2.23. The van der Waals surface area contributed by atoms with Crippen molar-refractivity contribution in [1.29, 1.82) is 0 Å². The average Bonchev–Trinajstić information content (AvgIpc) is 2.99. The summed E-state index contributed by atoms with van der Waals surface area (Å²) in [5, 5.41) is 13.0. The molecule has 1 aliphatic rings. The SMILES string of the molecule is CSc1ccc(C)c(C(=O)NCC(O)C2CCCC2)c1. The molecule has 4 heteroatoms. The Morgan fingerprint density at radius 2 is 2.15 bits per heavy atom. The van der Waals surface area contributed by atoms with Crippen LogP contribution in [-0.2, 0) is 0 Å². The van der Waals surface area contributed by atoms with Gasteiger partial charge in [0.1, 0.15) is 0 Å². The Morgan fingerprint density at radius 3 is 2.80 bits per heavy atom. The molecule has 3 nitrogen and oxygen atoms in total. The number of carbonyl (C=O) groups excluding carboxylic acids is 1. The zero-order valence-corrected chi connectivity index (χ0v) is 13.0. The van der Waals surface area contributed by atoms with Crippen LogP contribution >= 0.6 is 11.8 Å². The molecule has 0 spiro atoms. The van der Waals surface area contributed by atoms with Gasteiger partial charge in [0.25, 0.3) is 5.91 Å². The lowest BCUT2D eigenvalue weighted by atomic mass is 10.0. The Hall–Kier alpha value is -1.00. The Bertz CT molecular complexity index is 470. The van der Waals surface area contributed by atoms with E-state index < -0.39 is 6.10 Å². The summed E-state index contributed by atoms with van der Waals surface area (Å²) in [4.78, 5) is 13.3. The first kappa shape index (κ1) is 15.4. The van der Waals surface area contributed by atoms with E-state index in [0.29, 0.717) is 18.0 Å². The van der Waals surface area contributed by atoms with Gasteiger partial charge in [-0.1, -0.05) is 18.9 Å². The maximum Gasteiger partial charge on any atom is 0.251 e. The van der Waals surface area contributed by atoms with Crippen LogP contribution in [0.4, 0.5) is 0 Å². The molecular weight excluding hydrogens is 270 g/mol. The molecule has 1 unspecified atom stereocenters. The molecule has 0 aliphatic heterocycles. The Labute approximate surface area is 125 Å². The molecule has 20 heavy (non-hydrogen) atoms. The van der Waals surface area contributed by atoms with Crippen LogP contribution in [0.2, 0.25) is 0 Å². The summed E-state index contributed by atoms with van der Waals surface area (Å²) in [6, 6.07) is 5.90. The summed E-state index contributed by atoms with van der Waals surface area (Å²) in [6.07, 6.45) is 6.15. The van der Waals surface area contributed by atoms with Crippen molar-refractivity contribution in [2.24, 2.45) is 5.92 Å². The third-order valence-electron chi connectivity index (χ3n) is 4.11. The predicted octanol–water partition coefficient (Wildman–Crippen LogP) is 3.00. The Morgan fingerprint density at radius 1 is 1.45 bits per heavy atom. The molecule has 0 radical (unpaired) electrons. The number of carbonyl (C=O) groups is 1. The van der Waals surface area contributed by atoms with Crippen molar-refractivity contribution >= 4 is 17.7 Å². The highest BCUT2D eigenvalue weighted by molar-refractivity contribution is 7.98. The summed E-state index contributed by atoms with van der Waals surface area (Å²) in [5.74, 6) is 0.268. The molecule has 1 fully saturated rings. The van der Waals surface area contributed by atoms with E-state index >= 15 is 0 Å². The van der Waals surface area contributed by atoms with Gasteiger partial charge in [0, 0.05) is 17.0 Å². The highest BCUT2D eigenvalue weighted by atomic mass is 32.2. The first-order valence-electron chi connectivity index (χ1n) is 7.22. The molecule has 1 saturated carbocycles. The third-order valence-corrected chi connectivity index (χ3v) is 4.83. The molecule has 0 aromatic heterocycles. The van der Waals surface area contributed by atoms with E-state index in [1.807, 2.05) is 31.4 Å². The molecule has 0 bridgehead atoms. The molecule has 1 aromatic carbocycles. The van der Waals surface area contributed by atoms with Crippen LogP contribution in [0.5, 0.6) is 0 Å². The molecule has 1 atom stereocenters. The number of hydrogen-bond acceptors (Lipinski definition) is 3. The van der Waals surface area contributed by atoms with Gasteiger partial charge in [-0.15, -0.1) is 11.8 Å². The minimum absolute atomic E-state index is 0.0875. The normalized spacial score (nSPS) is 17.1. The quantitative estimate of drug-likeness (QED) is 0.821. The lowest BCUT2D eigenvalue weighted by Crippen LogP contribution is -2.35. The van der Waals surface area contributed by atoms with Gasteiger partial charge in [0.15, 0.2) is 0 Å². The van der Waals surface area contributed by atoms with Crippen LogP contribution in [0.3, 0.4) is 0 Å². The van der Waals surface area contributed by atoms with E-state index in [0.717, 1.165) is 23.3 Å². The first-order chi connectivity index (χ1) is 9.61. The highest BCUT2D eigenvalue weighted by Crippen LogP contribution is 2.27. The lowest BCUT2D eigenvalue weighted by Gasteiger charge is -2.18. The van der Waals surface area contributed by atoms with Crippen molar-refractivity contribution in [1.82, 2.24) is 5.32 Å². The molecule has 2 N–H and O–H groups in total. The molecule has 1 aliphatic carbocycles. The average molecular weight is 293 g/mol. The van der Waals surface area contributed by atoms with E-state index in [4.69, 9.17) is 0 Å². The van der Waals surface area contributed by atoms with Crippen molar-refractivity contribution in [3.05, 3.63) is 29.3 Å². The van der Waals surface area contributed by atoms with E-state index in [-0.39, 0.29) is 5.91 Å². The van der Waals surface area contributed by atoms with Gasteiger partial charge in [0.05, 0.1) is 6.10 Å². The van der Waals surface area contributed by atoms with E-state index in [9.17, 15) is 9.90 Å². The van der Waals surface area contributed by atoms with Crippen molar-refractivity contribution in [3.8, 4) is 0 Å². The number of benzene rings is 1. The number of aliphatic hydroxyl groups is 1. The minimum Gasteiger partial charge on any atom is -0.391 e. The summed E-state index contributed by atoms with van der Waals surface area (Å²) >= 11 is 1.62. The smallest absolute Gasteiger partial charge is 0.251 e. The second-order valence-electron chi connectivity index (χ2n) is 5.50. The maximum absolute atomic E-state index is 12.2. The number of aliphatic hydroxyl groups excluding tert-OH is 1. The van der Waals surface area contributed by atoms with Crippen LogP contribution in [0.25, 0.3) is 0 Å². The molecule has 1 amide bonds. The number of amides is 1. The van der Waals surface area contributed by atoms with Crippen LogP contribution in [0.15, 0.2) is 23.1 Å². The Kier molecular flexibility index (Phi) is 5.49. The van der Waals surface area contributed by atoms with Crippen molar-refractivity contribution in [2.75, 3.05) is 12.8 Å². The van der Waals surface area contributed by atoms with Gasteiger partial charge < -0.3 is 10.4 Å². The molecule has 1 aromatic rings. The standard InChI is InChI=1S/C16H23NO2S/c1-11-7-8-13(20-2)9-14(11)16(19)17-10-15(18)12-5-3-4-6-12/h7-9,12,15,18H,3-6,10H2,1-2H3,(H,17,19). The third kappa shape index (κ3) is 3.76. The molecule has 0 heterocycles. The summed E-state index contributed by atoms with van der Waals surface area (Å²) in [5.41, 5.74) is 1.67. The number of nitrogens with one attached hydrogen (secondary N) is 1. The number of aryl methyl sites for hydroxylation is 1. The molecule has 0 saturated heterocycles. The maximum atomic E-state index is 12.2. The Balaban J connectivity index is 1.94. The van der Waals surface area contributed by atoms with Gasteiger partial charge in [0.2, 0.25) is 0 Å². The second kappa shape index (κ2) is 7.14. The monoisotopic (exact) mass is 293 g/mol. The van der Waals surface area contributed by atoms with Gasteiger partial charge in [-0.05, 0) is 49.6 Å². The predicted molar refractivity (Wildman–Crippen MR) is 83.3 cm³/mol. The van der Waals surface area contributed by atoms with Crippen LogP contribution in [0.1, 0.15) is 41.6 Å². The van der Waals surface area contributed by atoms with E-state index in [1.54, 1.807) is 11.8 Å². The minimum atomic E-state index is -0.412. The first-order valence-corrected chi connectivity index (χ1v) is 8.45. The summed E-state index contributed by atoms with van der Waals surface area (Å²) in [7, 11) is 0. The largest absolute Gasteiger partial charge is 0.391 e. The van der Waals surface area contributed by atoms with E-state index in [1.165, 1.54) is 12.8 Å². The fourth-order valence-corrected chi connectivity index (χ4v) is 3.21. The fourth-order valence-electron chi connectivity index (χ4n) is 2.77. The topological polar surface area (TPSA) is 49.3 Å². The zero-order chi connectivity index (χ0) is 14.5. The van der Waals surface area contributed by atoms with Gasteiger partial charge in [-0.25, -0.2) is 0 Å². The number of thioether (sulfide) groups is 1. The summed E-state index contributed by atoms with van der Waals surface area (Å²) < 4.78 is 0. The fraction of sp³-hybridized carbons (Fsp3) is 0.562. The molecule has 2 rings (SSSR count). The van der Waals surface area contributed by atoms with E-state index in [2.05, 4.69) is 5.32 Å². The van der Waals surface area contributed by atoms with Crippen LogP contribution in [-0.4, -0.2) is 29.9 Å². The summed E-state index contributed by atoms with van der Waals surface area (Å²) in [6.45, 7) is 2.29. The second-order valence-corrected chi connectivity index (χ2v) is 6.38. The van der Waals surface area contributed by atoms with Crippen molar-refractivity contribution in [3.63, 3.8) is 0 Å². The van der Waals surface area contributed by atoms with Crippen LogP contribution < -0.4 is 5.32 Å². The number of rotatable bonds is 5. The van der Waals surface area contributed by atoms with Gasteiger partial charge in [-0.3, -0.25) is 4.79 Å². The van der Waals surface area contributed by atoms with Crippen LogP contribution in [0, 0.1) is 12.8 Å². The van der Waals surface area contributed by atoms with Crippen molar-refractivity contribution < 1.29 is 9.90 Å². The zero-order valence-electron chi connectivity index (χ0n) is 12.2. The van der Waals surface area contributed by atoms with Gasteiger partial charge in [-0.2, -0.15) is 0 Å². The van der Waals surface area contributed by atoms with Crippen molar-refractivity contribution in [2.45, 2.75) is 43.6 Å². The molecular formula is C16H23NO2S. The molecule has 110 valence electrons. The lowest BCUT2D eigenvalue weighted by molar-refractivity contribution is 0.0840.